The quantitative estimate of drug-likeness (QED) is 0.775. The molecule has 0 aliphatic carbocycles. The second kappa shape index (κ2) is 4.92. The predicted molar refractivity (Wildman–Crippen MR) is 76.5 cm³/mol. The monoisotopic (exact) mass is 271 g/mol. The lowest BCUT2D eigenvalue weighted by atomic mass is 10.3. The fraction of sp³-hybridized carbons (Fsp3) is 0.385. The van der Waals surface area contributed by atoms with E-state index in [2.05, 4.69) is 25.4 Å². The lowest BCUT2D eigenvalue weighted by molar-refractivity contribution is 0.714. The van der Waals surface area contributed by atoms with E-state index in [0.29, 0.717) is 6.54 Å². The topological polar surface area (TPSA) is 73.5 Å². The van der Waals surface area contributed by atoms with Crippen molar-refractivity contribution in [3.05, 3.63) is 30.2 Å². The molecule has 0 amide bonds. The highest BCUT2D eigenvalue weighted by Gasteiger charge is 2.11. The molecule has 0 spiro atoms. The van der Waals surface area contributed by atoms with Crippen LogP contribution in [0.15, 0.2) is 18.6 Å². The molecule has 0 unspecified atom stereocenters. The minimum Gasteiger partial charge on any atom is -0.370 e. The zero-order chi connectivity index (χ0) is 14.1. The third-order valence-electron chi connectivity index (χ3n) is 3.22. The normalized spacial score (nSPS) is 11.2. The first-order chi connectivity index (χ1) is 9.69. The molecule has 0 bridgehead atoms. The van der Waals surface area contributed by atoms with E-state index in [1.165, 1.54) is 0 Å². The molecule has 1 N–H and O–H groups in total. The summed E-state index contributed by atoms with van der Waals surface area (Å²) in [6.45, 7) is 5.42. The van der Waals surface area contributed by atoms with Crippen LogP contribution in [0.5, 0.6) is 0 Å². The summed E-state index contributed by atoms with van der Waals surface area (Å²) in [4.78, 5) is 13.4. The Morgan fingerprint density at radius 2 is 2.15 bits per heavy atom. The van der Waals surface area contributed by atoms with Gasteiger partial charge in [-0.15, -0.1) is 0 Å². The molecule has 0 atom stereocenters. The van der Waals surface area contributed by atoms with E-state index >= 15 is 0 Å². The SMILES string of the molecule is CCNc1nc(Cn2ccnc2C)nc2c1cnn2C. The number of fused-ring (bicyclic) bond motifs is 1. The Morgan fingerprint density at radius 1 is 1.30 bits per heavy atom. The Bertz CT molecular complexity index is 740. The Balaban J connectivity index is 2.06. The highest BCUT2D eigenvalue weighted by molar-refractivity contribution is 5.86. The number of imidazole rings is 1. The maximum Gasteiger partial charge on any atom is 0.163 e. The Morgan fingerprint density at radius 3 is 2.85 bits per heavy atom. The van der Waals surface area contributed by atoms with E-state index in [4.69, 9.17) is 0 Å². The van der Waals surface area contributed by atoms with Crippen molar-refractivity contribution in [2.24, 2.45) is 7.05 Å². The first kappa shape index (κ1) is 12.6. The molecule has 0 radical (unpaired) electrons. The van der Waals surface area contributed by atoms with Crippen molar-refractivity contribution in [1.29, 1.82) is 0 Å². The molecule has 0 saturated heterocycles. The summed E-state index contributed by atoms with van der Waals surface area (Å²) >= 11 is 0. The molecule has 3 rings (SSSR count). The molecule has 0 aliphatic heterocycles. The van der Waals surface area contributed by atoms with Crippen molar-refractivity contribution < 1.29 is 0 Å². The van der Waals surface area contributed by atoms with Crippen LogP contribution < -0.4 is 5.32 Å². The van der Waals surface area contributed by atoms with E-state index in [9.17, 15) is 0 Å². The number of hydrogen-bond donors (Lipinski definition) is 1. The van der Waals surface area contributed by atoms with Crippen molar-refractivity contribution in [2.45, 2.75) is 20.4 Å². The molecule has 7 nitrogen and oxygen atoms in total. The summed E-state index contributed by atoms with van der Waals surface area (Å²) in [7, 11) is 1.89. The molecule has 0 saturated carbocycles. The standard InChI is InChI=1S/C13H17N7/c1-4-14-12-10-7-16-19(3)13(10)18-11(17-12)8-20-6-5-15-9(20)2/h5-7H,4,8H2,1-3H3,(H,14,17,18). The lowest BCUT2D eigenvalue weighted by Gasteiger charge is -2.08. The summed E-state index contributed by atoms with van der Waals surface area (Å²) in [5.74, 6) is 2.53. The first-order valence-electron chi connectivity index (χ1n) is 6.59. The molecule has 0 aliphatic rings. The van der Waals surface area contributed by atoms with Crippen molar-refractivity contribution in [1.82, 2.24) is 29.3 Å². The minimum atomic E-state index is 0.603. The lowest BCUT2D eigenvalue weighted by Crippen LogP contribution is -2.09. The van der Waals surface area contributed by atoms with Gasteiger partial charge in [0.2, 0.25) is 0 Å². The summed E-state index contributed by atoms with van der Waals surface area (Å²) < 4.78 is 3.79. The van der Waals surface area contributed by atoms with Crippen LogP contribution in [0, 0.1) is 6.92 Å². The molecule has 7 heteroatoms. The molecule has 3 aromatic heterocycles. The predicted octanol–water partition coefficient (Wildman–Crippen LogP) is 1.35. The van der Waals surface area contributed by atoms with Crippen molar-refractivity contribution in [3.63, 3.8) is 0 Å². The highest BCUT2D eigenvalue weighted by Crippen LogP contribution is 2.19. The average Bonchev–Trinajstić information content (AvgIpc) is 2.99. The average molecular weight is 271 g/mol. The highest BCUT2D eigenvalue weighted by atomic mass is 15.3. The van der Waals surface area contributed by atoms with Crippen LogP contribution in [-0.4, -0.2) is 35.8 Å². The van der Waals surface area contributed by atoms with E-state index in [1.807, 2.05) is 31.7 Å². The third-order valence-corrected chi connectivity index (χ3v) is 3.22. The van der Waals surface area contributed by atoms with Gasteiger partial charge in [-0.25, -0.2) is 15.0 Å². The number of nitrogens with zero attached hydrogens (tertiary/aromatic N) is 6. The molecular weight excluding hydrogens is 254 g/mol. The van der Waals surface area contributed by atoms with E-state index in [1.54, 1.807) is 17.1 Å². The molecule has 0 aromatic carbocycles. The van der Waals surface area contributed by atoms with Crippen molar-refractivity contribution in [3.8, 4) is 0 Å². The van der Waals surface area contributed by atoms with Gasteiger partial charge in [0, 0.05) is 26.0 Å². The van der Waals surface area contributed by atoms with Gasteiger partial charge in [0.25, 0.3) is 0 Å². The maximum absolute atomic E-state index is 4.60. The number of anilines is 1. The maximum atomic E-state index is 4.60. The van der Waals surface area contributed by atoms with Crippen LogP contribution in [-0.2, 0) is 13.6 Å². The Hall–Kier alpha value is -2.44. The fourth-order valence-electron chi connectivity index (χ4n) is 2.16. The van der Waals surface area contributed by atoms with Crippen LogP contribution >= 0.6 is 0 Å². The Labute approximate surface area is 116 Å². The summed E-state index contributed by atoms with van der Waals surface area (Å²) in [5, 5.41) is 8.46. The largest absolute Gasteiger partial charge is 0.370 e. The fourth-order valence-corrected chi connectivity index (χ4v) is 2.16. The second-order valence-corrected chi connectivity index (χ2v) is 4.63. The minimum absolute atomic E-state index is 0.603. The van der Waals surface area contributed by atoms with Crippen LogP contribution in [0.3, 0.4) is 0 Å². The molecule has 20 heavy (non-hydrogen) atoms. The summed E-state index contributed by atoms with van der Waals surface area (Å²) in [6.07, 6.45) is 5.50. The number of rotatable bonds is 4. The number of aryl methyl sites for hydroxylation is 2. The summed E-state index contributed by atoms with van der Waals surface area (Å²) in [5.41, 5.74) is 0.837. The number of hydrogen-bond acceptors (Lipinski definition) is 5. The molecular formula is C13H17N7. The second-order valence-electron chi connectivity index (χ2n) is 4.63. The van der Waals surface area contributed by atoms with Crippen molar-refractivity contribution >= 4 is 16.9 Å². The van der Waals surface area contributed by atoms with Crippen LogP contribution in [0.25, 0.3) is 11.0 Å². The number of aromatic nitrogens is 6. The first-order valence-corrected chi connectivity index (χ1v) is 6.59. The summed E-state index contributed by atoms with van der Waals surface area (Å²) in [6, 6.07) is 0. The van der Waals surface area contributed by atoms with Gasteiger partial charge in [-0.05, 0) is 13.8 Å². The van der Waals surface area contributed by atoms with E-state index in [-0.39, 0.29) is 0 Å². The van der Waals surface area contributed by atoms with Crippen LogP contribution in [0.1, 0.15) is 18.6 Å². The number of nitrogens with one attached hydrogen (secondary N) is 1. The van der Waals surface area contributed by atoms with Gasteiger partial charge >= 0.3 is 0 Å². The van der Waals surface area contributed by atoms with Gasteiger partial charge in [-0.1, -0.05) is 0 Å². The van der Waals surface area contributed by atoms with E-state index < -0.39 is 0 Å². The Kier molecular flexibility index (Phi) is 3.09. The van der Waals surface area contributed by atoms with Crippen LogP contribution in [0.2, 0.25) is 0 Å². The zero-order valence-electron chi connectivity index (χ0n) is 11.8. The van der Waals surface area contributed by atoms with E-state index in [0.717, 1.165) is 35.0 Å². The smallest absolute Gasteiger partial charge is 0.163 e. The van der Waals surface area contributed by atoms with Crippen molar-refractivity contribution in [2.75, 3.05) is 11.9 Å². The van der Waals surface area contributed by atoms with Crippen LogP contribution in [0.4, 0.5) is 5.82 Å². The van der Waals surface area contributed by atoms with Gasteiger partial charge in [-0.3, -0.25) is 4.68 Å². The molecule has 0 fully saturated rings. The van der Waals surface area contributed by atoms with Gasteiger partial charge in [0.05, 0.1) is 18.1 Å². The van der Waals surface area contributed by atoms with Gasteiger partial charge in [0.1, 0.15) is 11.6 Å². The third kappa shape index (κ3) is 2.11. The molecule has 104 valence electrons. The molecule has 3 heterocycles. The molecule has 3 aromatic rings. The van der Waals surface area contributed by atoms with Gasteiger partial charge in [0.15, 0.2) is 11.5 Å². The van der Waals surface area contributed by atoms with Gasteiger partial charge in [-0.2, -0.15) is 5.10 Å². The zero-order valence-corrected chi connectivity index (χ0v) is 11.8. The van der Waals surface area contributed by atoms with Gasteiger partial charge < -0.3 is 9.88 Å².